The van der Waals surface area contributed by atoms with Crippen LogP contribution in [0.15, 0.2) is 334 Å². The van der Waals surface area contributed by atoms with Crippen LogP contribution in [0.25, 0.3) is 183 Å². The lowest BCUT2D eigenvalue weighted by molar-refractivity contribution is -0.708. The molecule has 0 fully saturated rings. The maximum atomic E-state index is 6.04. The molecule has 0 bridgehead atoms. The Morgan fingerprint density at radius 2 is 0.459 bits per heavy atom. The first-order valence-corrected chi connectivity index (χ1v) is 33.3. The number of aromatic nitrogens is 10. The molecule has 0 aliphatic heterocycles. The molecule has 21 rings (SSSR count). The van der Waals surface area contributed by atoms with E-state index >= 15 is 0 Å². The third-order valence-corrected chi connectivity index (χ3v) is 20.1. The predicted molar refractivity (Wildman–Crippen MR) is 401 cm³/mol. The van der Waals surface area contributed by atoms with E-state index < -0.39 is 0 Å². The van der Waals surface area contributed by atoms with E-state index in [1.165, 1.54) is 0 Å². The molecule has 0 saturated heterocycles. The summed E-state index contributed by atoms with van der Waals surface area (Å²) in [6.45, 7) is 0. The summed E-state index contributed by atoms with van der Waals surface area (Å²) in [6, 6.07) is 121. The minimum atomic E-state index is 0.478. The Labute approximate surface area is 560 Å². The van der Waals surface area contributed by atoms with Gasteiger partial charge in [-0.1, -0.05) is 261 Å². The van der Waals surface area contributed by atoms with Crippen LogP contribution in [0.4, 0.5) is 0 Å². The van der Waals surface area contributed by atoms with Crippen molar-refractivity contribution in [2.75, 3.05) is 0 Å². The largest absolute Gasteiger partial charge is 0.307 e. The summed E-state index contributed by atoms with van der Waals surface area (Å²) in [5.74, 6) is 3.21. The van der Waals surface area contributed by atoms with Crippen LogP contribution < -0.4 is 4.68 Å². The van der Waals surface area contributed by atoms with E-state index in [2.05, 4.69) is 366 Å². The number of rotatable bonds is 9. The van der Waals surface area contributed by atoms with Gasteiger partial charge in [-0.25, -0.2) is 24.1 Å². The van der Waals surface area contributed by atoms with Gasteiger partial charge in [0.15, 0.2) is 17.5 Å². The third-order valence-electron chi connectivity index (χ3n) is 20.1. The van der Waals surface area contributed by atoms with Crippen LogP contribution in [0.2, 0.25) is 0 Å². The smallest absolute Gasteiger partial charge is 0.282 e. The average Bonchev–Trinajstić information content (AvgIpc) is 1.43. The number of nitrogens with zero attached hydrogens (tertiary/aromatic N) is 10. The number of pyridine rings is 1. The molecule has 0 unspecified atom stereocenters. The molecule has 10 heteroatoms. The molecule has 0 N–H and O–H groups in total. The van der Waals surface area contributed by atoms with Gasteiger partial charge in [0.05, 0.1) is 44.2 Å². The van der Waals surface area contributed by atoms with Crippen LogP contribution in [0.3, 0.4) is 0 Å². The first-order chi connectivity index (χ1) is 48.7. The summed E-state index contributed by atoms with van der Waals surface area (Å²) in [4.78, 5) is 17.6. The van der Waals surface area contributed by atoms with E-state index in [4.69, 9.17) is 15.0 Å². The number of hydrogen-bond acceptors (Lipinski definition) is 3. The fourth-order valence-electron chi connectivity index (χ4n) is 16.1. The fourth-order valence-corrected chi connectivity index (χ4v) is 16.1. The molecule has 0 radical (unpaired) electrons. The maximum absolute atomic E-state index is 6.04. The van der Waals surface area contributed by atoms with Gasteiger partial charge in [0.2, 0.25) is 0 Å². The standard InChI is InChI=1S/C88H55N10/c1-4-30-56(31-5-1)84-89-85(57-32-6-2-7-33-57)91-86(90-84)79-82(93-69-46-20-10-36-59(69)60-37-11-21-47-70(60)93)87(95-73-50-24-14-40-63(73)64-41-15-25-51-74(64)95)98(97-78-55-29-19-45-68(78)80-81(97)67-44-18-28-54-77(67)92(80)58-34-8-3-9-35-58)88(96-75-52-26-16-42-65(75)66-43-17-27-53-76(66)96)83(79)94-71-48-22-12-38-61(71)62-39-13-23-49-72(62)94/h1-55H/q+1. The van der Waals surface area contributed by atoms with Crippen molar-refractivity contribution in [1.82, 2.24) is 42.5 Å². The quantitative estimate of drug-likeness (QED) is 0.135. The molecular formula is C88H55N10+. The zero-order chi connectivity index (χ0) is 64.1. The highest BCUT2D eigenvalue weighted by Gasteiger charge is 2.42. The molecule has 10 nitrogen and oxygen atoms in total. The zero-order valence-electron chi connectivity index (χ0n) is 52.7. The normalized spacial score (nSPS) is 12.1. The van der Waals surface area contributed by atoms with E-state index in [-0.39, 0.29) is 0 Å². The van der Waals surface area contributed by atoms with Crippen molar-refractivity contribution in [2.45, 2.75) is 0 Å². The Morgan fingerprint density at radius 1 is 0.204 bits per heavy atom. The SMILES string of the molecule is c1ccc(-c2nc(-c3ccccc3)nc(-c3c(-n4c5ccccc5c5ccccc54)c(-n4c5ccccc5c5ccccc54)[n+](-n4c5ccccc5c5c4c4ccccc4n5-c4ccccc4)c(-n4c5ccccc5c5ccccc54)c3-n3c4ccccc4c4ccccc43)n2)cc1. The van der Waals surface area contributed by atoms with Gasteiger partial charge in [0.1, 0.15) is 39.0 Å². The number of benzene rings is 13. The average molecular weight is 1250 g/mol. The number of para-hydroxylation sites is 11. The monoisotopic (exact) mass is 1250 g/mol. The van der Waals surface area contributed by atoms with E-state index in [0.717, 1.165) is 165 Å². The molecule has 0 aliphatic rings. The summed E-state index contributed by atoms with van der Waals surface area (Å²) in [5, 5.41) is 11.0. The molecule has 0 atom stereocenters. The van der Waals surface area contributed by atoms with Crippen LogP contribution >= 0.6 is 0 Å². The van der Waals surface area contributed by atoms with Gasteiger partial charge in [-0.2, -0.15) is 4.68 Å². The van der Waals surface area contributed by atoms with Gasteiger partial charge in [0.25, 0.3) is 11.6 Å². The van der Waals surface area contributed by atoms with E-state index in [9.17, 15) is 0 Å². The van der Waals surface area contributed by atoms with Crippen molar-refractivity contribution in [2.24, 2.45) is 0 Å². The second kappa shape index (κ2) is 21.0. The molecule has 8 aromatic heterocycles. The summed E-state index contributed by atoms with van der Waals surface area (Å²) in [7, 11) is 0. The molecule has 13 aromatic carbocycles. The van der Waals surface area contributed by atoms with Crippen molar-refractivity contribution in [1.29, 1.82) is 0 Å². The molecule has 98 heavy (non-hydrogen) atoms. The van der Waals surface area contributed by atoms with Gasteiger partial charge in [-0.05, 0) is 72.8 Å². The van der Waals surface area contributed by atoms with E-state index in [0.29, 0.717) is 17.5 Å². The van der Waals surface area contributed by atoms with E-state index in [1.807, 2.05) is 0 Å². The molecule has 0 amide bonds. The minimum absolute atomic E-state index is 0.478. The second-order valence-electron chi connectivity index (χ2n) is 25.3. The van der Waals surface area contributed by atoms with Gasteiger partial charge >= 0.3 is 0 Å². The fraction of sp³-hybridized carbons (Fsp3) is 0. The van der Waals surface area contributed by atoms with Crippen LogP contribution in [0.1, 0.15) is 0 Å². The highest BCUT2D eigenvalue weighted by atomic mass is 15.5. The number of fused-ring (bicyclic) bond motifs is 17. The van der Waals surface area contributed by atoms with Gasteiger partial charge in [-0.15, -0.1) is 4.68 Å². The lowest BCUT2D eigenvalue weighted by Crippen LogP contribution is -2.51. The van der Waals surface area contributed by atoms with Crippen LogP contribution in [0.5, 0.6) is 0 Å². The molecule has 21 aromatic rings. The van der Waals surface area contributed by atoms with Crippen molar-refractivity contribution in [3.05, 3.63) is 334 Å². The summed E-state index contributed by atoms with van der Waals surface area (Å²) in [5.41, 5.74) is 17.4. The summed E-state index contributed by atoms with van der Waals surface area (Å²) < 4.78 is 17.8. The molecule has 456 valence electrons. The second-order valence-corrected chi connectivity index (χ2v) is 25.3. The Hall–Kier alpha value is -13.4. The van der Waals surface area contributed by atoms with Gasteiger partial charge in [0, 0.05) is 70.7 Å². The van der Waals surface area contributed by atoms with E-state index in [1.54, 1.807) is 0 Å². The predicted octanol–water partition coefficient (Wildman–Crippen LogP) is 20.9. The number of hydrogen-bond donors (Lipinski definition) is 0. The minimum Gasteiger partial charge on any atom is -0.307 e. The molecular weight excluding hydrogens is 1200 g/mol. The van der Waals surface area contributed by atoms with Gasteiger partial charge in [-0.3, -0.25) is 0 Å². The topological polar surface area (TPSA) is 72.1 Å². The van der Waals surface area contributed by atoms with Crippen LogP contribution in [-0.2, 0) is 0 Å². The molecule has 0 spiro atoms. The van der Waals surface area contributed by atoms with Crippen LogP contribution in [0, 0.1) is 0 Å². The molecule has 8 heterocycles. The lowest BCUT2D eigenvalue weighted by atomic mass is 10.1. The highest BCUT2D eigenvalue weighted by molar-refractivity contribution is 6.20. The van der Waals surface area contributed by atoms with Gasteiger partial charge < -0.3 is 13.7 Å². The molecule has 0 saturated carbocycles. The first kappa shape index (κ1) is 54.0. The lowest BCUT2D eigenvalue weighted by Gasteiger charge is -2.27. The summed E-state index contributed by atoms with van der Waals surface area (Å²) >= 11 is 0. The Bertz CT molecular complexity index is 6330. The third kappa shape index (κ3) is 7.61. The van der Waals surface area contributed by atoms with Crippen LogP contribution in [-0.4, -0.2) is 42.5 Å². The highest BCUT2D eigenvalue weighted by Crippen LogP contribution is 2.50. The zero-order valence-corrected chi connectivity index (χ0v) is 52.7. The van der Waals surface area contributed by atoms with Crippen molar-refractivity contribution < 1.29 is 4.68 Å². The van der Waals surface area contributed by atoms with Crippen molar-refractivity contribution in [3.63, 3.8) is 0 Å². The Kier molecular flexibility index (Phi) is 11.6. The van der Waals surface area contributed by atoms with Crippen molar-refractivity contribution >= 4 is 120 Å². The van der Waals surface area contributed by atoms with Crippen molar-refractivity contribution in [3.8, 4) is 62.9 Å². The first-order valence-electron chi connectivity index (χ1n) is 33.3. The summed E-state index contributed by atoms with van der Waals surface area (Å²) in [6.07, 6.45) is 0. The Morgan fingerprint density at radius 3 is 0.806 bits per heavy atom. The Balaban J connectivity index is 1.16. The maximum Gasteiger partial charge on any atom is 0.282 e. The molecule has 0 aliphatic carbocycles.